The Labute approximate surface area is 132 Å². The first-order chi connectivity index (χ1) is 10.6. The lowest BCUT2D eigenvalue weighted by atomic mass is 10.2. The van der Waals surface area contributed by atoms with Crippen molar-refractivity contribution in [2.24, 2.45) is 0 Å². The maximum Gasteiger partial charge on any atom is 0.251 e. The van der Waals surface area contributed by atoms with Gasteiger partial charge in [0.2, 0.25) is 10.0 Å². The van der Waals surface area contributed by atoms with E-state index in [0.29, 0.717) is 25.2 Å². The lowest BCUT2D eigenvalue weighted by Gasteiger charge is -2.15. The van der Waals surface area contributed by atoms with Gasteiger partial charge in [-0.2, -0.15) is 4.31 Å². The highest BCUT2D eigenvalue weighted by molar-refractivity contribution is 7.89. The molecule has 1 fully saturated rings. The molecule has 122 valence electrons. The summed E-state index contributed by atoms with van der Waals surface area (Å²) < 4.78 is 26.3. The maximum atomic E-state index is 12.4. The Morgan fingerprint density at radius 2 is 1.77 bits per heavy atom. The van der Waals surface area contributed by atoms with Gasteiger partial charge in [0, 0.05) is 25.2 Å². The van der Waals surface area contributed by atoms with Crippen molar-refractivity contribution in [3.8, 4) is 0 Å². The van der Waals surface area contributed by atoms with Crippen LogP contribution in [0.25, 0.3) is 0 Å². The van der Waals surface area contributed by atoms with Crippen molar-refractivity contribution in [3.63, 3.8) is 0 Å². The molecule has 0 aromatic heterocycles. The van der Waals surface area contributed by atoms with E-state index in [-0.39, 0.29) is 10.8 Å². The van der Waals surface area contributed by atoms with Crippen molar-refractivity contribution >= 4 is 15.9 Å². The molecule has 1 aromatic rings. The minimum atomic E-state index is -3.40. The van der Waals surface area contributed by atoms with Crippen LogP contribution in [0.1, 0.15) is 49.4 Å². The molecule has 1 N–H and O–H groups in total. The lowest BCUT2D eigenvalue weighted by Crippen LogP contribution is -2.28. The molecule has 0 saturated carbocycles. The van der Waals surface area contributed by atoms with Gasteiger partial charge in [-0.15, -0.1) is 0 Å². The summed E-state index contributed by atoms with van der Waals surface area (Å²) >= 11 is 0. The van der Waals surface area contributed by atoms with E-state index in [4.69, 9.17) is 0 Å². The molecule has 6 heteroatoms. The molecule has 1 amide bonds. The Morgan fingerprint density at radius 1 is 1.14 bits per heavy atom. The minimum absolute atomic E-state index is 0.152. The third-order valence-corrected chi connectivity index (χ3v) is 5.80. The molecule has 0 radical (unpaired) electrons. The highest BCUT2D eigenvalue weighted by Crippen LogP contribution is 2.21. The molecule has 0 bridgehead atoms. The fourth-order valence-corrected chi connectivity index (χ4v) is 4.05. The molecule has 0 spiro atoms. The van der Waals surface area contributed by atoms with E-state index in [1.807, 2.05) is 0 Å². The average molecular weight is 324 g/mol. The number of hydrogen-bond donors (Lipinski definition) is 1. The molecule has 5 nitrogen and oxygen atoms in total. The van der Waals surface area contributed by atoms with E-state index in [9.17, 15) is 13.2 Å². The van der Waals surface area contributed by atoms with E-state index in [2.05, 4.69) is 12.2 Å². The van der Waals surface area contributed by atoms with Gasteiger partial charge in [0.25, 0.3) is 5.91 Å². The van der Waals surface area contributed by atoms with Crippen LogP contribution in [0.3, 0.4) is 0 Å². The molecule has 0 unspecified atom stereocenters. The molecule has 0 aliphatic carbocycles. The minimum Gasteiger partial charge on any atom is -0.352 e. The van der Waals surface area contributed by atoms with E-state index in [0.717, 1.165) is 32.1 Å². The number of carbonyl (C=O) groups is 1. The van der Waals surface area contributed by atoms with Gasteiger partial charge in [-0.3, -0.25) is 4.79 Å². The van der Waals surface area contributed by atoms with Gasteiger partial charge in [-0.1, -0.05) is 19.8 Å². The maximum absolute atomic E-state index is 12.4. The molecule has 1 aromatic carbocycles. The second-order valence-corrected chi connectivity index (χ2v) is 7.54. The zero-order valence-electron chi connectivity index (χ0n) is 13.0. The topological polar surface area (TPSA) is 66.5 Å². The summed E-state index contributed by atoms with van der Waals surface area (Å²) in [7, 11) is -3.40. The van der Waals surface area contributed by atoms with Crippen LogP contribution in [0.2, 0.25) is 0 Å². The number of carbonyl (C=O) groups excluding carboxylic acids is 1. The Hall–Kier alpha value is -1.40. The predicted octanol–water partition coefficient (Wildman–Crippen LogP) is 2.39. The first-order valence-corrected chi connectivity index (χ1v) is 9.38. The van der Waals surface area contributed by atoms with Crippen LogP contribution in [0.15, 0.2) is 29.2 Å². The van der Waals surface area contributed by atoms with Gasteiger partial charge in [0.1, 0.15) is 0 Å². The standard InChI is InChI=1S/C16H24N2O3S/c1-2-3-4-11-17-16(19)14-7-9-15(10-8-14)22(20,21)18-12-5-6-13-18/h7-10H,2-6,11-13H2,1H3,(H,17,19). The van der Waals surface area contributed by atoms with Crippen LogP contribution >= 0.6 is 0 Å². The fourth-order valence-electron chi connectivity index (χ4n) is 2.53. The molecule has 2 rings (SSSR count). The van der Waals surface area contributed by atoms with Crippen LogP contribution < -0.4 is 5.32 Å². The summed E-state index contributed by atoms with van der Waals surface area (Å²) in [6.45, 7) is 3.94. The predicted molar refractivity (Wildman–Crippen MR) is 86.3 cm³/mol. The Kier molecular flexibility index (Phi) is 5.97. The summed E-state index contributed by atoms with van der Waals surface area (Å²) in [5.41, 5.74) is 0.497. The number of hydrogen-bond acceptors (Lipinski definition) is 3. The van der Waals surface area contributed by atoms with Crippen LogP contribution in [0, 0.1) is 0 Å². The molecular weight excluding hydrogens is 300 g/mol. The SMILES string of the molecule is CCCCCNC(=O)c1ccc(S(=O)(=O)N2CCCC2)cc1. The van der Waals surface area contributed by atoms with Gasteiger partial charge in [-0.05, 0) is 43.5 Å². The monoisotopic (exact) mass is 324 g/mol. The van der Waals surface area contributed by atoms with E-state index >= 15 is 0 Å². The lowest BCUT2D eigenvalue weighted by molar-refractivity contribution is 0.0953. The van der Waals surface area contributed by atoms with Crippen molar-refractivity contribution in [2.45, 2.75) is 43.9 Å². The number of rotatable bonds is 7. The molecule has 1 saturated heterocycles. The van der Waals surface area contributed by atoms with Gasteiger partial charge in [0.15, 0.2) is 0 Å². The summed E-state index contributed by atoms with van der Waals surface area (Å²) in [6.07, 6.45) is 4.99. The first-order valence-electron chi connectivity index (χ1n) is 7.94. The van der Waals surface area contributed by atoms with Gasteiger partial charge < -0.3 is 5.32 Å². The van der Waals surface area contributed by atoms with E-state index in [1.54, 1.807) is 12.1 Å². The van der Waals surface area contributed by atoms with E-state index < -0.39 is 10.0 Å². The summed E-state index contributed by atoms with van der Waals surface area (Å²) in [6, 6.07) is 6.21. The highest BCUT2D eigenvalue weighted by atomic mass is 32.2. The Bertz CT molecular complexity index is 590. The van der Waals surface area contributed by atoms with Crippen molar-refractivity contribution in [1.29, 1.82) is 0 Å². The number of nitrogens with zero attached hydrogens (tertiary/aromatic N) is 1. The zero-order valence-corrected chi connectivity index (χ0v) is 13.9. The first kappa shape index (κ1) is 17.0. The summed E-state index contributed by atoms with van der Waals surface area (Å²) in [5.74, 6) is -0.152. The molecule has 1 heterocycles. The van der Waals surface area contributed by atoms with Crippen LogP contribution in [0.4, 0.5) is 0 Å². The van der Waals surface area contributed by atoms with Crippen molar-refractivity contribution < 1.29 is 13.2 Å². The van der Waals surface area contributed by atoms with Crippen molar-refractivity contribution in [2.75, 3.05) is 19.6 Å². The van der Waals surface area contributed by atoms with Gasteiger partial charge in [-0.25, -0.2) is 8.42 Å². The van der Waals surface area contributed by atoms with Gasteiger partial charge in [0.05, 0.1) is 4.90 Å². The molecule has 1 aliphatic rings. The molecular formula is C16H24N2O3S. The van der Waals surface area contributed by atoms with E-state index in [1.165, 1.54) is 16.4 Å². The largest absolute Gasteiger partial charge is 0.352 e. The summed E-state index contributed by atoms with van der Waals surface area (Å²) in [5, 5.41) is 2.85. The number of nitrogens with one attached hydrogen (secondary N) is 1. The van der Waals surface area contributed by atoms with Crippen LogP contribution in [0.5, 0.6) is 0 Å². The van der Waals surface area contributed by atoms with Gasteiger partial charge >= 0.3 is 0 Å². The number of benzene rings is 1. The fraction of sp³-hybridized carbons (Fsp3) is 0.562. The Morgan fingerprint density at radius 3 is 2.36 bits per heavy atom. The van der Waals surface area contributed by atoms with Crippen molar-refractivity contribution in [3.05, 3.63) is 29.8 Å². The third kappa shape index (κ3) is 4.08. The molecule has 1 aliphatic heterocycles. The smallest absolute Gasteiger partial charge is 0.251 e. The third-order valence-electron chi connectivity index (χ3n) is 3.89. The quantitative estimate of drug-likeness (QED) is 0.783. The summed E-state index contributed by atoms with van der Waals surface area (Å²) in [4.78, 5) is 12.2. The highest BCUT2D eigenvalue weighted by Gasteiger charge is 2.27. The van der Waals surface area contributed by atoms with Crippen molar-refractivity contribution in [1.82, 2.24) is 9.62 Å². The Balaban J connectivity index is 1.99. The molecule has 0 atom stereocenters. The molecule has 22 heavy (non-hydrogen) atoms. The number of amides is 1. The normalized spacial score (nSPS) is 15.9. The average Bonchev–Trinajstić information content (AvgIpc) is 3.07. The van der Waals surface area contributed by atoms with Crippen LogP contribution in [-0.4, -0.2) is 38.3 Å². The second-order valence-electron chi connectivity index (χ2n) is 5.60. The number of sulfonamides is 1. The van der Waals surface area contributed by atoms with Crippen LogP contribution in [-0.2, 0) is 10.0 Å². The number of unbranched alkanes of at least 4 members (excludes halogenated alkanes) is 2. The second kappa shape index (κ2) is 7.74. The zero-order chi connectivity index (χ0) is 16.0.